The van der Waals surface area contributed by atoms with Gasteiger partial charge in [0.05, 0.1) is 13.2 Å². The van der Waals surface area contributed by atoms with Crippen molar-refractivity contribution < 1.29 is 19.4 Å². The van der Waals surface area contributed by atoms with Gasteiger partial charge in [0, 0.05) is 6.92 Å². The van der Waals surface area contributed by atoms with Gasteiger partial charge in [-0.3, -0.25) is 4.79 Å². The zero-order chi connectivity index (χ0) is 13.4. The molecule has 0 spiro atoms. The molecule has 2 N–H and O–H groups in total. The summed E-state index contributed by atoms with van der Waals surface area (Å²) in [6.07, 6.45) is 0.716. The van der Waals surface area contributed by atoms with Gasteiger partial charge in [0.25, 0.3) is 0 Å². The van der Waals surface area contributed by atoms with E-state index in [0.29, 0.717) is 13.0 Å². The van der Waals surface area contributed by atoms with Gasteiger partial charge in [-0.2, -0.15) is 0 Å². The number of carbonyl (C=O) groups excluding carboxylic acids is 1. The highest BCUT2D eigenvalue weighted by Crippen LogP contribution is 1.99. The van der Waals surface area contributed by atoms with Gasteiger partial charge in [-0.1, -0.05) is 30.3 Å². The van der Waals surface area contributed by atoms with E-state index in [1.807, 2.05) is 30.3 Å². The Hall–Kier alpha value is -1.88. The third-order valence-corrected chi connectivity index (χ3v) is 2.34. The molecule has 0 bridgehead atoms. The predicted molar refractivity (Wildman–Crippen MR) is 66.2 cm³/mol. The fourth-order valence-corrected chi connectivity index (χ4v) is 1.46. The summed E-state index contributed by atoms with van der Waals surface area (Å²) in [6.45, 7) is 1.68. The van der Waals surface area contributed by atoms with Gasteiger partial charge in [-0.25, -0.2) is 4.79 Å². The molecule has 1 amide bonds. The van der Waals surface area contributed by atoms with Crippen molar-refractivity contribution in [3.8, 4) is 0 Å². The molecule has 98 valence electrons. The SMILES string of the molecule is CC(=O)N[C@@H](COCCc1ccccc1)C(=O)O. The Morgan fingerprint density at radius 1 is 1.33 bits per heavy atom. The van der Waals surface area contributed by atoms with Crippen molar-refractivity contribution >= 4 is 11.9 Å². The highest BCUT2D eigenvalue weighted by Gasteiger charge is 2.18. The first-order valence-electron chi connectivity index (χ1n) is 5.71. The van der Waals surface area contributed by atoms with Crippen molar-refractivity contribution in [2.45, 2.75) is 19.4 Å². The number of carbonyl (C=O) groups is 2. The van der Waals surface area contributed by atoms with Crippen LogP contribution in [0.25, 0.3) is 0 Å². The van der Waals surface area contributed by atoms with E-state index in [1.165, 1.54) is 6.92 Å². The molecule has 0 saturated carbocycles. The van der Waals surface area contributed by atoms with E-state index in [2.05, 4.69) is 5.32 Å². The molecule has 1 aromatic carbocycles. The minimum absolute atomic E-state index is 0.0260. The second kappa shape index (κ2) is 7.45. The van der Waals surface area contributed by atoms with E-state index in [1.54, 1.807) is 0 Å². The molecule has 1 rings (SSSR count). The van der Waals surface area contributed by atoms with Crippen LogP contribution >= 0.6 is 0 Å². The van der Waals surface area contributed by atoms with Crippen LogP contribution in [0.3, 0.4) is 0 Å². The molecule has 0 unspecified atom stereocenters. The maximum atomic E-state index is 10.8. The van der Waals surface area contributed by atoms with E-state index in [-0.39, 0.29) is 12.5 Å². The number of ether oxygens (including phenoxy) is 1. The molecule has 0 aliphatic carbocycles. The zero-order valence-corrected chi connectivity index (χ0v) is 10.3. The molecular formula is C13H17NO4. The Balaban J connectivity index is 2.27. The van der Waals surface area contributed by atoms with Gasteiger partial charge in [0.1, 0.15) is 0 Å². The molecule has 0 saturated heterocycles. The second-order valence-electron chi connectivity index (χ2n) is 3.90. The van der Waals surface area contributed by atoms with E-state index in [9.17, 15) is 9.59 Å². The van der Waals surface area contributed by atoms with Crippen molar-refractivity contribution in [1.29, 1.82) is 0 Å². The van der Waals surface area contributed by atoms with Gasteiger partial charge in [-0.05, 0) is 12.0 Å². The molecule has 0 fully saturated rings. The Morgan fingerprint density at radius 2 is 2.00 bits per heavy atom. The average molecular weight is 251 g/mol. The lowest BCUT2D eigenvalue weighted by atomic mass is 10.2. The number of carboxylic acid groups (broad SMARTS) is 1. The lowest BCUT2D eigenvalue weighted by Gasteiger charge is -2.13. The lowest BCUT2D eigenvalue weighted by molar-refractivity contribution is -0.143. The van der Waals surface area contributed by atoms with Crippen molar-refractivity contribution in [3.63, 3.8) is 0 Å². The fourth-order valence-electron chi connectivity index (χ4n) is 1.46. The average Bonchev–Trinajstić information content (AvgIpc) is 2.33. The largest absolute Gasteiger partial charge is 0.480 e. The maximum absolute atomic E-state index is 10.8. The zero-order valence-electron chi connectivity index (χ0n) is 10.3. The van der Waals surface area contributed by atoms with E-state index in [0.717, 1.165) is 5.56 Å². The van der Waals surface area contributed by atoms with Gasteiger partial charge in [0.15, 0.2) is 6.04 Å². The fraction of sp³-hybridized carbons (Fsp3) is 0.385. The van der Waals surface area contributed by atoms with Crippen molar-refractivity contribution in [3.05, 3.63) is 35.9 Å². The minimum Gasteiger partial charge on any atom is -0.480 e. The molecule has 0 aliphatic rings. The molecule has 5 heteroatoms. The monoisotopic (exact) mass is 251 g/mol. The van der Waals surface area contributed by atoms with Gasteiger partial charge in [0.2, 0.25) is 5.91 Å². The van der Waals surface area contributed by atoms with Crippen molar-refractivity contribution in [1.82, 2.24) is 5.32 Å². The first-order chi connectivity index (χ1) is 8.59. The highest BCUT2D eigenvalue weighted by atomic mass is 16.5. The first-order valence-corrected chi connectivity index (χ1v) is 5.71. The van der Waals surface area contributed by atoms with E-state index < -0.39 is 12.0 Å². The second-order valence-corrected chi connectivity index (χ2v) is 3.90. The van der Waals surface area contributed by atoms with Crippen LogP contribution in [-0.2, 0) is 20.7 Å². The topological polar surface area (TPSA) is 75.6 Å². The molecule has 0 radical (unpaired) electrons. The van der Waals surface area contributed by atoms with Crippen LogP contribution < -0.4 is 5.32 Å². The Morgan fingerprint density at radius 3 is 2.56 bits per heavy atom. The highest BCUT2D eigenvalue weighted by molar-refractivity contribution is 5.82. The van der Waals surface area contributed by atoms with Gasteiger partial charge < -0.3 is 15.2 Å². The third kappa shape index (κ3) is 5.45. The van der Waals surface area contributed by atoms with Gasteiger partial charge in [-0.15, -0.1) is 0 Å². The lowest BCUT2D eigenvalue weighted by Crippen LogP contribution is -2.43. The number of hydrogen-bond acceptors (Lipinski definition) is 3. The predicted octanol–water partition coefficient (Wildman–Crippen LogP) is 0.835. The standard InChI is InChI=1S/C13H17NO4/c1-10(15)14-12(13(16)17)9-18-8-7-11-5-3-2-4-6-11/h2-6,12H,7-9H2,1H3,(H,14,15)(H,16,17)/t12-/m0/s1. The normalized spacial score (nSPS) is 11.8. The van der Waals surface area contributed by atoms with Crippen LogP contribution in [-0.4, -0.2) is 36.2 Å². The number of carboxylic acids is 1. The quantitative estimate of drug-likeness (QED) is 0.704. The first kappa shape index (κ1) is 14.2. The summed E-state index contributed by atoms with van der Waals surface area (Å²) in [5.41, 5.74) is 1.13. The summed E-state index contributed by atoms with van der Waals surface area (Å²) in [7, 11) is 0. The van der Waals surface area contributed by atoms with Crippen LogP contribution in [0.2, 0.25) is 0 Å². The Labute approximate surface area is 106 Å². The van der Waals surface area contributed by atoms with Crippen LogP contribution in [0.4, 0.5) is 0 Å². The molecule has 0 aromatic heterocycles. The van der Waals surface area contributed by atoms with Crippen LogP contribution in [0.1, 0.15) is 12.5 Å². The number of amides is 1. The molecule has 1 aromatic rings. The van der Waals surface area contributed by atoms with Crippen molar-refractivity contribution in [2.75, 3.05) is 13.2 Å². The summed E-state index contributed by atoms with van der Waals surface area (Å²) < 4.78 is 5.27. The third-order valence-electron chi connectivity index (χ3n) is 2.34. The maximum Gasteiger partial charge on any atom is 0.328 e. The molecular weight excluding hydrogens is 234 g/mol. The smallest absolute Gasteiger partial charge is 0.328 e. The number of nitrogens with one attached hydrogen (secondary N) is 1. The van der Waals surface area contributed by atoms with E-state index in [4.69, 9.17) is 9.84 Å². The molecule has 0 heterocycles. The van der Waals surface area contributed by atoms with Crippen LogP contribution in [0, 0.1) is 0 Å². The summed E-state index contributed by atoms with van der Waals surface area (Å²) in [6, 6.07) is 8.77. The summed E-state index contributed by atoms with van der Waals surface area (Å²) in [4.78, 5) is 21.6. The minimum atomic E-state index is -1.09. The van der Waals surface area contributed by atoms with Crippen LogP contribution in [0.5, 0.6) is 0 Å². The molecule has 5 nitrogen and oxygen atoms in total. The van der Waals surface area contributed by atoms with Gasteiger partial charge >= 0.3 is 5.97 Å². The number of hydrogen-bond donors (Lipinski definition) is 2. The van der Waals surface area contributed by atoms with Crippen molar-refractivity contribution in [2.24, 2.45) is 0 Å². The summed E-state index contributed by atoms with van der Waals surface area (Å²) >= 11 is 0. The molecule has 18 heavy (non-hydrogen) atoms. The Bertz CT molecular complexity index is 391. The summed E-state index contributed by atoms with van der Waals surface area (Å²) in [5.74, 6) is -1.47. The molecule has 1 atom stereocenters. The number of aliphatic carboxylic acids is 1. The Kier molecular flexibility index (Phi) is 5.87. The number of benzene rings is 1. The van der Waals surface area contributed by atoms with Crippen LogP contribution in [0.15, 0.2) is 30.3 Å². The van der Waals surface area contributed by atoms with E-state index >= 15 is 0 Å². The number of rotatable bonds is 7. The summed E-state index contributed by atoms with van der Waals surface area (Å²) in [5, 5.41) is 11.2. The molecule has 0 aliphatic heterocycles.